The van der Waals surface area contributed by atoms with Crippen LogP contribution >= 0.6 is 11.6 Å². The summed E-state index contributed by atoms with van der Waals surface area (Å²) >= 11 is 5.33. The van der Waals surface area contributed by atoms with Gasteiger partial charge in [0.05, 0.1) is 11.4 Å². The van der Waals surface area contributed by atoms with Gasteiger partial charge in [-0.2, -0.15) is 0 Å². The minimum absolute atomic E-state index is 0.0810. The van der Waals surface area contributed by atoms with E-state index in [0.717, 1.165) is 6.07 Å². The van der Waals surface area contributed by atoms with Crippen molar-refractivity contribution in [2.75, 3.05) is 17.8 Å². The third-order valence-electron chi connectivity index (χ3n) is 3.34. The van der Waals surface area contributed by atoms with Crippen molar-refractivity contribution in [2.45, 2.75) is 18.7 Å². The number of nitrogens with one attached hydrogen (secondary N) is 2. The van der Waals surface area contributed by atoms with Crippen LogP contribution in [0.3, 0.4) is 0 Å². The van der Waals surface area contributed by atoms with Crippen LogP contribution in [-0.4, -0.2) is 48.7 Å². The van der Waals surface area contributed by atoms with Crippen molar-refractivity contribution >= 4 is 45.4 Å². The van der Waals surface area contributed by atoms with Crippen LogP contribution < -0.4 is 10.0 Å². The number of carbonyl (C=O) groups is 3. The van der Waals surface area contributed by atoms with E-state index in [2.05, 4.69) is 15.3 Å². The maximum absolute atomic E-state index is 12.6. The van der Waals surface area contributed by atoms with Gasteiger partial charge in [0.25, 0.3) is 10.0 Å². The number of sulfonamides is 1. The number of esters is 1. The average Bonchev–Trinajstić information content (AvgIpc) is 2.64. The van der Waals surface area contributed by atoms with Gasteiger partial charge in [0.1, 0.15) is 4.90 Å². The highest BCUT2D eigenvalue weighted by Crippen LogP contribution is 2.17. The summed E-state index contributed by atoms with van der Waals surface area (Å²) in [5.41, 5.74) is 0.809. The number of rotatable bonds is 7. The molecule has 2 amide bonds. The van der Waals surface area contributed by atoms with Crippen molar-refractivity contribution in [2.24, 2.45) is 0 Å². The topological polar surface area (TPSA) is 144 Å². The summed E-state index contributed by atoms with van der Waals surface area (Å²) in [7, 11) is -4.45. The van der Waals surface area contributed by atoms with Crippen LogP contribution in [-0.2, 0) is 19.6 Å². The van der Waals surface area contributed by atoms with E-state index in [-0.39, 0.29) is 17.4 Å². The summed E-state index contributed by atoms with van der Waals surface area (Å²) in [5, 5.41) is 2.22. The molecule has 0 saturated carbocycles. The van der Waals surface area contributed by atoms with Gasteiger partial charge in [0.2, 0.25) is 5.95 Å². The fraction of sp³-hybridized carbons (Fsp3) is 0.235. The summed E-state index contributed by atoms with van der Waals surface area (Å²) < 4.78 is 31.7. The van der Waals surface area contributed by atoms with Gasteiger partial charge >= 0.3 is 12.0 Å². The molecule has 2 rings (SSSR count). The van der Waals surface area contributed by atoms with Crippen molar-refractivity contribution in [1.29, 1.82) is 0 Å². The van der Waals surface area contributed by atoms with E-state index in [0.29, 0.717) is 11.4 Å². The van der Waals surface area contributed by atoms with E-state index in [4.69, 9.17) is 16.3 Å². The Kier molecular flexibility index (Phi) is 7.23. The second-order valence-electron chi connectivity index (χ2n) is 5.78. The Morgan fingerprint density at radius 1 is 1.10 bits per heavy atom. The number of hydrogen-bond donors (Lipinski definition) is 2. The number of aryl methyl sites for hydroxylation is 2. The van der Waals surface area contributed by atoms with Crippen LogP contribution in [0.2, 0.25) is 0 Å². The van der Waals surface area contributed by atoms with Gasteiger partial charge in [-0.3, -0.25) is 10.1 Å². The molecule has 0 spiro atoms. The molecule has 0 aliphatic heterocycles. The summed E-state index contributed by atoms with van der Waals surface area (Å²) in [4.78, 5) is 42.9. The fourth-order valence-electron chi connectivity index (χ4n) is 2.22. The molecule has 0 unspecified atom stereocenters. The molecule has 0 fully saturated rings. The normalized spacial score (nSPS) is 10.9. The van der Waals surface area contributed by atoms with E-state index in [1.807, 2.05) is 0 Å². The molecule has 2 N–H and O–H groups in total. The number of carbonyl (C=O) groups excluding carboxylic acids is 3. The highest BCUT2D eigenvalue weighted by molar-refractivity contribution is 7.90. The highest BCUT2D eigenvalue weighted by atomic mass is 35.5. The molecule has 2 aromatic rings. The van der Waals surface area contributed by atoms with Crippen molar-refractivity contribution in [3.05, 3.63) is 47.3 Å². The number of alkyl halides is 1. The third kappa shape index (κ3) is 6.22. The molecule has 10 nitrogen and oxygen atoms in total. The minimum atomic E-state index is -4.45. The molecular formula is C17H17ClN4O6S. The van der Waals surface area contributed by atoms with Crippen LogP contribution in [0.4, 0.5) is 10.7 Å². The standard InChI is InChI=1S/C17H17ClN4O6S/c1-10-7-11(2)20-16(19-10)21-17(25)22-29(26,27)14-6-4-3-5-13(14)15(24)28-9-12(23)8-18/h3-7H,8-9H2,1-2H3,(H2,19,20,21,22,25). The lowest BCUT2D eigenvalue weighted by Gasteiger charge is -2.11. The molecule has 0 radical (unpaired) electrons. The predicted molar refractivity (Wildman–Crippen MR) is 103 cm³/mol. The lowest BCUT2D eigenvalue weighted by Crippen LogP contribution is -2.35. The summed E-state index contributed by atoms with van der Waals surface area (Å²) in [6, 6.07) is 5.63. The number of Topliss-reactive ketones (excluding diaryl/α,β-unsaturated/α-hetero) is 1. The van der Waals surface area contributed by atoms with Gasteiger partial charge < -0.3 is 4.74 Å². The first-order valence-corrected chi connectivity index (χ1v) is 10.1. The molecule has 0 aliphatic rings. The second kappa shape index (κ2) is 9.43. The summed E-state index contributed by atoms with van der Waals surface area (Å²) in [6.45, 7) is 2.77. The van der Waals surface area contributed by atoms with Crippen LogP contribution in [0.5, 0.6) is 0 Å². The first-order valence-electron chi connectivity index (χ1n) is 8.12. The zero-order valence-corrected chi connectivity index (χ0v) is 17.0. The number of benzene rings is 1. The van der Waals surface area contributed by atoms with Crippen molar-refractivity contribution in [1.82, 2.24) is 14.7 Å². The average molecular weight is 441 g/mol. The molecule has 1 heterocycles. The number of halogens is 1. The molecule has 1 aromatic heterocycles. The Bertz CT molecular complexity index is 1040. The van der Waals surface area contributed by atoms with Gasteiger partial charge in [0.15, 0.2) is 12.4 Å². The first kappa shape index (κ1) is 22.2. The number of urea groups is 1. The number of ketones is 1. The lowest BCUT2D eigenvalue weighted by atomic mass is 10.2. The van der Waals surface area contributed by atoms with E-state index >= 15 is 0 Å². The zero-order valence-electron chi connectivity index (χ0n) is 15.4. The highest BCUT2D eigenvalue weighted by Gasteiger charge is 2.25. The molecule has 154 valence electrons. The Morgan fingerprint density at radius 2 is 1.72 bits per heavy atom. The summed E-state index contributed by atoms with van der Waals surface area (Å²) in [6.07, 6.45) is 0. The van der Waals surface area contributed by atoms with Crippen LogP contribution in [0.25, 0.3) is 0 Å². The number of anilines is 1. The smallest absolute Gasteiger partial charge is 0.339 e. The Morgan fingerprint density at radius 3 is 2.34 bits per heavy atom. The monoisotopic (exact) mass is 440 g/mol. The largest absolute Gasteiger partial charge is 0.454 e. The van der Waals surface area contributed by atoms with Crippen LogP contribution in [0, 0.1) is 13.8 Å². The molecule has 0 saturated heterocycles. The SMILES string of the molecule is Cc1cc(C)nc(NC(=O)NS(=O)(=O)c2ccccc2C(=O)OCC(=O)CCl)n1. The van der Waals surface area contributed by atoms with Crippen LogP contribution in [0.15, 0.2) is 35.2 Å². The lowest BCUT2D eigenvalue weighted by molar-refractivity contribution is -0.119. The number of nitrogens with zero attached hydrogens (tertiary/aromatic N) is 2. The molecular weight excluding hydrogens is 424 g/mol. The second-order valence-corrected chi connectivity index (χ2v) is 7.70. The molecule has 0 atom stereocenters. The third-order valence-corrected chi connectivity index (χ3v) is 5.03. The van der Waals surface area contributed by atoms with Gasteiger partial charge in [-0.1, -0.05) is 12.1 Å². The number of hydrogen-bond acceptors (Lipinski definition) is 8. The van der Waals surface area contributed by atoms with Crippen molar-refractivity contribution in [3.8, 4) is 0 Å². The minimum Gasteiger partial charge on any atom is -0.454 e. The first-order chi connectivity index (χ1) is 13.6. The van der Waals surface area contributed by atoms with E-state index < -0.39 is 39.3 Å². The zero-order chi connectivity index (χ0) is 21.6. The predicted octanol–water partition coefficient (Wildman–Crippen LogP) is 1.57. The molecule has 29 heavy (non-hydrogen) atoms. The fourth-order valence-corrected chi connectivity index (χ4v) is 3.40. The van der Waals surface area contributed by atoms with E-state index in [9.17, 15) is 22.8 Å². The van der Waals surface area contributed by atoms with E-state index in [1.165, 1.54) is 18.2 Å². The number of amides is 2. The maximum Gasteiger partial charge on any atom is 0.339 e. The maximum atomic E-state index is 12.6. The van der Waals surface area contributed by atoms with Crippen molar-refractivity contribution in [3.63, 3.8) is 0 Å². The quantitative estimate of drug-likeness (QED) is 0.487. The Hall–Kier alpha value is -3.05. The van der Waals surface area contributed by atoms with Crippen LogP contribution in [0.1, 0.15) is 21.7 Å². The Balaban J connectivity index is 2.19. The van der Waals surface area contributed by atoms with Gasteiger partial charge in [-0.05, 0) is 32.0 Å². The number of ether oxygens (including phenoxy) is 1. The molecule has 0 bridgehead atoms. The van der Waals surface area contributed by atoms with Gasteiger partial charge in [-0.25, -0.2) is 32.7 Å². The Labute approximate surface area is 171 Å². The molecule has 1 aromatic carbocycles. The molecule has 0 aliphatic carbocycles. The van der Waals surface area contributed by atoms with E-state index in [1.54, 1.807) is 24.6 Å². The number of aromatic nitrogens is 2. The molecule has 12 heteroatoms. The van der Waals surface area contributed by atoms with Crippen molar-refractivity contribution < 1.29 is 27.5 Å². The van der Waals surface area contributed by atoms with Gasteiger partial charge in [0, 0.05) is 11.4 Å². The van der Waals surface area contributed by atoms with Gasteiger partial charge in [-0.15, -0.1) is 11.6 Å². The summed E-state index contributed by atoms with van der Waals surface area (Å²) in [5.74, 6) is -2.04.